The summed E-state index contributed by atoms with van der Waals surface area (Å²) in [7, 11) is 0. The maximum absolute atomic E-state index is 5.89. The van der Waals surface area contributed by atoms with Crippen molar-refractivity contribution in [3.63, 3.8) is 0 Å². The minimum absolute atomic E-state index is 0.256. The smallest absolute Gasteiger partial charge is 0.176 e. The summed E-state index contributed by atoms with van der Waals surface area (Å²) in [6.45, 7) is 6.01. The standard InChI is InChI=1S/C10H13N5S2/c1-5(2)8-14-7(11)6(3)9(15-8)16-10-12-4-13-17-10/h4-5H,1-3H3,(H2,11,14,15). The lowest BCUT2D eigenvalue weighted by molar-refractivity contribution is 0.751. The van der Waals surface area contributed by atoms with Crippen LogP contribution in [0.1, 0.15) is 31.2 Å². The van der Waals surface area contributed by atoms with Crippen LogP contribution < -0.4 is 5.73 Å². The summed E-state index contributed by atoms with van der Waals surface area (Å²) in [4.78, 5) is 12.9. The maximum Gasteiger partial charge on any atom is 0.176 e. The van der Waals surface area contributed by atoms with Crippen LogP contribution in [0.4, 0.5) is 5.82 Å². The minimum Gasteiger partial charge on any atom is -0.383 e. The monoisotopic (exact) mass is 267 g/mol. The van der Waals surface area contributed by atoms with Crippen LogP contribution in [0.5, 0.6) is 0 Å². The molecule has 17 heavy (non-hydrogen) atoms. The summed E-state index contributed by atoms with van der Waals surface area (Å²) in [5.41, 5.74) is 6.79. The van der Waals surface area contributed by atoms with Gasteiger partial charge < -0.3 is 5.73 Å². The van der Waals surface area contributed by atoms with Crippen LogP contribution in [0, 0.1) is 6.92 Å². The number of nitrogens with two attached hydrogens (primary N) is 1. The third kappa shape index (κ3) is 2.73. The molecule has 5 nitrogen and oxygen atoms in total. The van der Waals surface area contributed by atoms with E-state index < -0.39 is 0 Å². The zero-order valence-corrected chi connectivity index (χ0v) is 11.5. The van der Waals surface area contributed by atoms with E-state index in [1.165, 1.54) is 29.6 Å². The van der Waals surface area contributed by atoms with Crippen molar-refractivity contribution in [2.45, 2.75) is 36.1 Å². The molecule has 0 aliphatic heterocycles. The van der Waals surface area contributed by atoms with Gasteiger partial charge in [-0.05, 0) is 30.2 Å². The molecule has 0 spiro atoms. The Labute approximate surface area is 108 Å². The van der Waals surface area contributed by atoms with Crippen molar-refractivity contribution in [1.82, 2.24) is 19.3 Å². The van der Waals surface area contributed by atoms with Crippen LogP contribution >= 0.6 is 23.3 Å². The van der Waals surface area contributed by atoms with Crippen molar-refractivity contribution in [1.29, 1.82) is 0 Å². The largest absolute Gasteiger partial charge is 0.383 e. The van der Waals surface area contributed by atoms with Crippen LogP contribution in [-0.2, 0) is 0 Å². The molecule has 2 N–H and O–H groups in total. The van der Waals surface area contributed by atoms with Gasteiger partial charge in [0.25, 0.3) is 0 Å². The van der Waals surface area contributed by atoms with Gasteiger partial charge in [-0.25, -0.2) is 15.0 Å². The molecular weight excluding hydrogens is 254 g/mol. The highest BCUT2D eigenvalue weighted by atomic mass is 32.2. The van der Waals surface area contributed by atoms with Gasteiger partial charge in [-0.1, -0.05) is 13.8 Å². The molecule has 2 rings (SSSR count). The summed E-state index contributed by atoms with van der Waals surface area (Å²) in [6.07, 6.45) is 1.54. The van der Waals surface area contributed by atoms with Crippen molar-refractivity contribution in [3.8, 4) is 0 Å². The topological polar surface area (TPSA) is 77.6 Å². The molecule has 0 aromatic carbocycles. The molecule has 0 unspecified atom stereocenters. The van der Waals surface area contributed by atoms with E-state index in [9.17, 15) is 0 Å². The second-order valence-corrected chi connectivity index (χ2v) is 5.88. The fourth-order valence-corrected chi connectivity index (χ4v) is 2.63. The maximum atomic E-state index is 5.89. The minimum atomic E-state index is 0.256. The van der Waals surface area contributed by atoms with E-state index in [2.05, 4.69) is 19.3 Å². The Morgan fingerprint density at radius 3 is 2.71 bits per heavy atom. The zero-order valence-electron chi connectivity index (χ0n) is 9.84. The van der Waals surface area contributed by atoms with Gasteiger partial charge in [0.05, 0.1) is 0 Å². The van der Waals surface area contributed by atoms with Crippen molar-refractivity contribution >= 4 is 29.1 Å². The molecular formula is C10H13N5S2. The lowest BCUT2D eigenvalue weighted by Gasteiger charge is -2.10. The van der Waals surface area contributed by atoms with E-state index in [1.807, 2.05) is 20.8 Å². The predicted octanol–water partition coefficient (Wildman–Crippen LogP) is 2.49. The van der Waals surface area contributed by atoms with Gasteiger partial charge in [0.15, 0.2) is 4.34 Å². The summed E-state index contributed by atoms with van der Waals surface area (Å²) < 4.78 is 4.82. The van der Waals surface area contributed by atoms with Crippen molar-refractivity contribution in [2.24, 2.45) is 0 Å². The van der Waals surface area contributed by atoms with Crippen LogP contribution in [0.15, 0.2) is 15.7 Å². The normalized spacial score (nSPS) is 11.1. The van der Waals surface area contributed by atoms with Gasteiger partial charge >= 0.3 is 0 Å². The summed E-state index contributed by atoms with van der Waals surface area (Å²) >= 11 is 2.83. The fourth-order valence-electron chi connectivity index (χ4n) is 1.18. The molecule has 0 bridgehead atoms. The second-order valence-electron chi connectivity index (χ2n) is 3.86. The average molecular weight is 267 g/mol. The first-order valence-electron chi connectivity index (χ1n) is 5.16. The molecule has 0 saturated heterocycles. The highest BCUT2D eigenvalue weighted by Gasteiger charge is 2.13. The van der Waals surface area contributed by atoms with Gasteiger partial charge in [-0.15, -0.1) is 0 Å². The molecule has 0 saturated carbocycles. The van der Waals surface area contributed by atoms with Crippen molar-refractivity contribution in [3.05, 3.63) is 17.7 Å². The second kappa shape index (κ2) is 4.97. The van der Waals surface area contributed by atoms with Crippen molar-refractivity contribution in [2.75, 3.05) is 5.73 Å². The Morgan fingerprint density at radius 2 is 2.12 bits per heavy atom. The van der Waals surface area contributed by atoms with Crippen LogP contribution in [0.3, 0.4) is 0 Å². The summed E-state index contributed by atoms with van der Waals surface area (Å²) in [6, 6.07) is 0. The Bertz CT molecular complexity index is 510. The predicted molar refractivity (Wildman–Crippen MR) is 69.3 cm³/mol. The van der Waals surface area contributed by atoms with Crippen molar-refractivity contribution < 1.29 is 0 Å². The molecule has 0 atom stereocenters. The average Bonchev–Trinajstić information content (AvgIpc) is 2.77. The van der Waals surface area contributed by atoms with Gasteiger partial charge in [0, 0.05) is 11.5 Å². The van der Waals surface area contributed by atoms with E-state index in [4.69, 9.17) is 5.73 Å². The molecule has 90 valence electrons. The SMILES string of the molecule is Cc1c(N)nc(C(C)C)nc1Sc1ncns1. The van der Waals surface area contributed by atoms with E-state index in [-0.39, 0.29) is 5.92 Å². The third-order valence-electron chi connectivity index (χ3n) is 2.20. The molecule has 0 radical (unpaired) electrons. The molecule has 2 aromatic rings. The molecule has 7 heteroatoms. The number of rotatable bonds is 3. The highest BCUT2D eigenvalue weighted by Crippen LogP contribution is 2.31. The van der Waals surface area contributed by atoms with Gasteiger partial charge in [-0.3, -0.25) is 0 Å². The fraction of sp³-hybridized carbons (Fsp3) is 0.400. The Balaban J connectivity index is 2.38. The number of aromatic nitrogens is 4. The first-order chi connectivity index (χ1) is 8.08. The lowest BCUT2D eigenvalue weighted by atomic mass is 10.2. The zero-order chi connectivity index (χ0) is 12.4. The summed E-state index contributed by atoms with van der Waals surface area (Å²) in [5.74, 6) is 1.56. The number of nitrogen functional groups attached to an aromatic ring is 1. The first kappa shape index (κ1) is 12.3. The van der Waals surface area contributed by atoms with E-state index >= 15 is 0 Å². The van der Waals surface area contributed by atoms with Gasteiger partial charge in [0.1, 0.15) is 23.0 Å². The number of nitrogens with zero attached hydrogens (tertiary/aromatic N) is 4. The van der Waals surface area contributed by atoms with Gasteiger partial charge in [0.2, 0.25) is 0 Å². The van der Waals surface area contributed by atoms with Crippen LogP contribution in [-0.4, -0.2) is 19.3 Å². The quantitative estimate of drug-likeness (QED) is 0.861. The number of hydrogen-bond donors (Lipinski definition) is 1. The Morgan fingerprint density at radius 1 is 1.35 bits per heavy atom. The van der Waals surface area contributed by atoms with Crippen LogP contribution in [0.25, 0.3) is 0 Å². The van der Waals surface area contributed by atoms with E-state index in [1.54, 1.807) is 0 Å². The first-order valence-corrected chi connectivity index (χ1v) is 6.75. The van der Waals surface area contributed by atoms with E-state index in [0.29, 0.717) is 5.82 Å². The highest BCUT2D eigenvalue weighted by molar-refractivity contribution is 8.00. The van der Waals surface area contributed by atoms with Crippen LogP contribution in [0.2, 0.25) is 0 Å². The lowest BCUT2D eigenvalue weighted by Crippen LogP contribution is -2.05. The molecule has 0 aliphatic carbocycles. The molecule has 0 aliphatic rings. The Hall–Kier alpha value is -1.21. The molecule has 2 heterocycles. The third-order valence-corrected chi connectivity index (χ3v) is 4.00. The Kier molecular flexibility index (Phi) is 3.58. The van der Waals surface area contributed by atoms with E-state index in [0.717, 1.165) is 20.8 Å². The molecule has 0 fully saturated rings. The van der Waals surface area contributed by atoms with Gasteiger partial charge in [-0.2, -0.15) is 4.37 Å². The summed E-state index contributed by atoms with van der Waals surface area (Å²) in [5, 5.41) is 0.859. The molecule has 2 aromatic heterocycles. The number of anilines is 1. The number of hydrogen-bond acceptors (Lipinski definition) is 7. The molecule has 0 amide bonds.